The number of benzene rings is 2. The second kappa shape index (κ2) is 7.26. The van der Waals surface area contributed by atoms with E-state index in [1.165, 1.54) is 12.1 Å². The van der Waals surface area contributed by atoms with E-state index in [-0.39, 0.29) is 23.5 Å². The number of hydrogen-bond donors (Lipinski definition) is 1. The third-order valence-corrected chi connectivity index (χ3v) is 5.27. The Morgan fingerprint density at radius 3 is 2.80 bits per heavy atom. The third-order valence-electron chi connectivity index (χ3n) is 5.27. The van der Waals surface area contributed by atoms with Crippen molar-refractivity contribution in [3.05, 3.63) is 77.2 Å². The van der Waals surface area contributed by atoms with Gasteiger partial charge in [-0.05, 0) is 43.3 Å². The molecule has 30 heavy (non-hydrogen) atoms. The highest BCUT2D eigenvalue weighted by molar-refractivity contribution is 6.07. The Labute approximate surface area is 171 Å². The monoisotopic (exact) mass is 403 g/mol. The predicted octanol–water partition coefficient (Wildman–Crippen LogP) is 4.59. The van der Waals surface area contributed by atoms with Crippen LogP contribution < -0.4 is 10.1 Å². The summed E-state index contributed by atoms with van der Waals surface area (Å²) in [6, 6.07) is 15.1. The quantitative estimate of drug-likeness (QED) is 0.541. The number of nitrogens with one attached hydrogen (secondary N) is 1. The number of carbonyl (C=O) groups excluding carboxylic acids is 1. The van der Waals surface area contributed by atoms with Crippen LogP contribution in [0.15, 0.2) is 59.1 Å². The molecule has 0 spiro atoms. The normalized spacial score (nSPS) is 15.5. The number of nitrogens with zero attached hydrogens (tertiary/aromatic N) is 2. The molecule has 0 saturated heterocycles. The van der Waals surface area contributed by atoms with E-state index in [1.54, 1.807) is 25.1 Å². The van der Waals surface area contributed by atoms with Gasteiger partial charge in [0.2, 0.25) is 0 Å². The fourth-order valence-corrected chi connectivity index (χ4v) is 3.77. The number of carbonyl (C=O) groups is 1. The Hall–Kier alpha value is -3.74. The first-order valence-electron chi connectivity index (χ1n) is 9.66. The van der Waals surface area contributed by atoms with E-state index in [0.29, 0.717) is 40.9 Å². The molecule has 0 radical (unpaired) electrons. The fraction of sp³-hybridized carbons (Fsp3) is 0.174. The molecule has 6 nitrogen and oxygen atoms in total. The van der Waals surface area contributed by atoms with Crippen LogP contribution in [0.4, 0.5) is 4.39 Å². The van der Waals surface area contributed by atoms with Crippen molar-refractivity contribution in [3.63, 3.8) is 0 Å². The van der Waals surface area contributed by atoms with Gasteiger partial charge in [0, 0.05) is 17.5 Å². The van der Waals surface area contributed by atoms with E-state index in [9.17, 15) is 9.18 Å². The second-order valence-electron chi connectivity index (χ2n) is 7.21. The van der Waals surface area contributed by atoms with Gasteiger partial charge in [-0.2, -0.15) is 0 Å². The summed E-state index contributed by atoms with van der Waals surface area (Å²) < 4.78 is 24.3. The van der Waals surface area contributed by atoms with E-state index in [4.69, 9.17) is 9.26 Å². The summed E-state index contributed by atoms with van der Waals surface area (Å²) >= 11 is 0. The van der Waals surface area contributed by atoms with Crippen LogP contribution >= 0.6 is 0 Å². The van der Waals surface area contributed by atoms with Gasteiger partial charge >= 0.3 is 0 Å². The fourth-order valence-electron chi connectivity index (χ4n) is 3.77. The van der Waals surface area contributed by atoms with Gasteiger partial charge in [0.15, 0.2) is 0 Å². The molecule has 2 aromatic carbocycles. The minimum atomic E-state index is -0.341. The zero-order valence-electron chi connectivity index (χ0n) is 16.2. The molecular weight excluding hydrogens is 385 g/mol. The van der Waals surface area contributed by atoms with Gasteiger partial charge in [-0.1, -0.05) is 23.4 Å². The van der Waals surface area contributed by atoms with Crippen LogP contribution in [-0.4, -0.2) is 22.7 Å². The molecule has 5 rings (SSSR count). The minimum absolute atomic E-state index is 0.167. The SMILES string of the molecule is Cc1noc2nc(-c3ccc(F)cc3)cc(C(=O)NC3CCOc4ccccc43)c12. The summed E-state index contributed by atoms with van der Waals surface area (Å²) in [6.45, 7) is 2.30. The van der Waals surface area contributed by atoms with E-state index in [1.807, 2.05) is 24.3 Å². The molecule has 3 heterocycles. The van der Waals surface area contributed by atoms with Gasteiger partial charge in [0.25, 0.3) is 11.6 Å². The van der Waals surface area contributed by atoms with Gasteiger partial charge < -0.3 is 14.6 Å². The van der Waals surface area contributed by atoms with Crippen molar-refractivity contribution in [2.24, 2.45) is 0 Å². The number of aryl methyl sites for hydroxylation is 1. The third kappa shape index (κ3) is 3.18. The molecule has 1 unspecified atom stereocenters. The zero-order chi connectivity index (χ0) is 20.7. The molecule has 4 aromatic rings. The van der Waals surface area contributed by atoms with Gasteiger partial charge in [-0.3, -0.25) is 4.79 Å². The van der Waals surface area contributed by atoms with Crippen LogP contribution in [0.5, 0.6) is 5.75 Å². The average molecular weight is 403 g/mol. The number of halogens is 1. The van der Waals surface area contributed by atoms with E-state index in [0.717, 1.165) is 11.3 Å². The largest absolute Gasteiger partial charge is 0.493 e. The zero-order valence-corrected chi connectivity index (χ0v) is 16.2. The van der Waals surface area contributed by atoms with Crippen molar-refractivity contribution in [3.8, 4) is 17.0 Å². The standard InChI is InChI=1S/C23H18FN3O3/c1-13-21-17(22(28)25-18-10-11-29-20-5-3-2-4-16(18)20)12-19(26-23(21)30-27-13)14-6-8-15(24)9-7-14/h2-9,12,18H,10-11H2,1H3,(H,25,28). The first-order chi connectivity index (χ1) is 14.6. The lowest BCUT2D eigenvalue weighted by molar-refractivity contribution is 0.0926. The Kier molecular flexibility index (Phi) is 4.43. The number of ether oxygens (including phenoxy) is 1. The van der Waals surface area contributed by atoms with Gasteiger partial charge in [-0.25, -0.2) is 9.37 Å². The number of amides is 1. The van der Waals surface area contributed by atoms with Crippen LogP contribution in [0.25, 0.3) is 22.4 Å². The molecule has 0 bridgehead atoms. The lowest BCUT2D eigenvalue weighted by Crippen LogP contribution is -2.32. The summed E-state index contributed by atoms with van der Waals surface area (Å²) in [5.41, 5.74) is 3.41. The molecule has 7 heteroatoms. The summed E-state index contributed by atoms with van der Waals surface area (Å²) in [7, 11) is 0. The van der Waals surface area contributed by atoms with Crippen LogP contribution in [0.3, 0.4) is 0 Å². The van der Waals surface area contributed by atoms with Crippen molar-refractivity contribution < 1.29 is 18.4 Å². The molecule has 0 aliphatic carbocycles. The van der Waals surface area contributed by atoms with Gasteiger partial charge in [0.1, 0.15) is 11.6 Å². The molecule has 1 aliphatic heterocycles. The predicted molar refractivity (Wildman–Crippen MR) is 109 cm³/mol. The van der Waals surface area contributed by atoms with Crippen molar-refractivity contribution in [1.82, 2.24) is 15.5 Å². The Morgan fingerprint density at radius 1 is 1.17 bits per heavy atom. The maximum atomic E-state index is 13.3. The number of rotatable bonds is 3. The minimum Gasteiger partial charge on any atom is -0.493 e. The summed E-state index contributed by atoms with van der Waals surface area (Å²) in [5, 5.41) is 7.65. The number of fused-ring (bicyclic) bond motifs is 2. The van der Waals surface area contributed by atoms with Crippen molar-refractivity contribution >= 4 is 17.0 Å². The maximum Gasteiger partial charge on any atom is 0.259 e. The van der Waals surface area contributed by atoms with Crippen molar-refractivity contribution in [2.45, 2.75) is 19.4 Å². The number of aromatic nitrogens is 2. The number of hydrogen-bond acceptors (Lipinski definition) is 5. The molecule has 0 fully saturated rings. The number of pyridine rings is 1. The van der Waals surface area contributed by atoms with Gasteiger partial charge in [-0.15, -0.1) is 0 Å². The molecule has 1 N–H and O–H groups in total. The molecule has 2 aromatic heterocycles. The summed E-state index contributed by atoms with van der Waals surface area (Å²) in [4.78, 5) is 17.8. The second-order valence-corrected chi connectivity index (χ2v) is 7.21. The van der Waals surface area contributed by atoms with Crippen molar-refractivity contribution in [1.29, 1.82) is 0 Å². The Bertz CT molecular complexity index is 1250. The summed E-state index contributed by atoms with van der Waals surface area (Å²) in [6.07, 6.45) is 0.671. The molecular formula is C23H18FN3O3. The lowest BCUT2D eigenvalue weighted by Gasteiger charge is -2.26. The molecule has 1 amide bonds. The molecule has 1 aliphatic rings. The van der Waals surface area contributed by atoms with Crippen LogP contribution in [0.1, 0.15) is 34.1 Å². The van der Waals surface area contributed by atoms with E-state index >= 15 is 0 Å². The Balaban J connectivity index is 1.55. The molecule has 0 saturated carbocycles. The smallest absolute Gasteiger partial charge is 0.259 e. The number of para-hydroxylation sites is 1. The highest BCUT2D eigenvalue weighted by Gasteiger charge is 2.25. The maximum absolute atomic E-state index is 13.3. The van der Waals surface area contributed by atoms with Crippen LogP contribution in [0, 0.1) is 12.7 Å². The topological polar surface area (TPSA) is 77.2 Å². The van der Waals surface area contributed by atoms with E-state index < -0.39 is 0 Å². The molecule has 1 atom stereocenters. The van der Waals surface area contributed by atoms with Crippen LogP contribution in [0.2, 0.25) is 0 Å². The first-order valence-corrected chi connectivity index (χ1v) is 9.66. The Morgan fingerprint density at radius 2 is 1.97 bits per heavy atom. The highest BCUT2D eigenvalue weighted by atomic mass is 19.1. The first kappa shape index (κ1) is 18.3. The average Bonchev–Trinajstić information content (AvgIpc) is 3.14. The van der Waals surface area contributed by atoms with Gasteiger partial charge in [0.05, 0.1) is 35.0 Å². The lowest BCUT2D eigenvalue weighted by atomic mass is 9.99. The summed E-state index contributed by atoms with van der Waals surface area (Å²) in [5.74, 6) is 0.187. The molecule has 150 valence electrons. The van der Waals surface area contributed by atoms with Crippen LogP contribution in [-0.2, 0) is 0 Å². The van der Waals surface area contributed by atoms with Crippen molar-refractivity contribution in [2.75, 3.05) is 6.61 Å². The van der Waals surface area contributed by atoms with E-state index in [2.05, 4.69) is 15.5 Å². The highest BCUT2D eigenvalue weighted by Crippen LogP contribution is 2.33.